The number of rotatable bonds is 2. The van der Waals surface area contributed by atoms with Crippen LogP contribution in [0.15, 0.2) is 72.3 Å². The zero-order valence-corrected chi connectivity index (χ0v) is 17.4. The second-order valence-corrected chi connectivity index (χ2v) is 7.58. The number of amides is 1. The molecule has 31 heavy (non-hydrogen) atoms. The molecular formula is C26H17ClFNO2. The molecule has 3 aromatic rings. The van der Waals surface area contributed by atoms with Gasteiger partial charge in [-0.1, -0.05) is 47.7 Å². The third-order valence-corrected chi connectivity index (χ3v) is 5.25. The molecule has 1 aliphatic heterocycles. The number of carbonyl (C=O) groups excluding carboxylic acids is 2. The van der Waals surface area contributed by atoms with E-state index in [9.17, 15) is 14.0 Å². The molecule has 3 nitrogen and oxygen atoms in total. The number of anilines is 1. The van der Waals surface area contributed by atoms with Gasteiger partial charge in [0.25, 0.3) is 5.91 Å². The van der Waals surface area contributed by atoms with E-state index in [4.69, 9.17) is 11.6 Å². The maximum Gasteiger partial charge on any atom is 0.262 e. The monoisotopic (exact) mass is 429 g/mol. The standard InChI is InChI=1S/C26H17ClFNO2/c1-29-24-14-9-18(4-2-3-17-7-12-21(28)13-8-17)15-22(24)25(30)23(26(29)31)16-19-5-10-20(27)11-6-19/h5-16H,3H2,1H3/b23-16+. The lowest BCUT2D eigenvalue weighted by molar-refractivity contribution is -0.114. The van der Waals surface area contributed by atoms with E-state index in [0.29, 0.717) is 33.8 Å². The minimum Gasteiger partial charge on any atom is -0.311 e. The van der Waals surface area contributed by atoms with Crippen LogP contribution in [0.25, 0.3) is 6.08 Å². The molecule has 0 fully saturated rings. The number of nitrogens with zero attached hydrogens (tertiary/aromatic N) is 1. The minimum atomic E-state index is -0.359. The average Bonchev–Trinajstić information content (AvgIpc) is 2.78. The molecule has 0 bridgehead atoms. The molecule has 0 N–H and O–H groups in total. The topological polar surface area (TPSA) is 37.4 Å². The first-order chi connectivity index (χ1) is 14.9. The van der Waals surface area contributed by atoms with Crippen LogP contribution >= 0.6 is 11.6 Å². The van der Waals surface area contributed by atoms with Gasteiger partial charge in [0.05, 0.1) is 11.3 Å². The summed E-state index contributed by atoms with van der Waals surface area (Å²) in [5.41, 5.74) is 3.36. The van der Waals surface area contributed by atoms with Crippen LogP contribution in [0.2, 0.25) is 5.02 Å². The Bertz CT molecular complexity index is 1270. The fraction of sp³-hybridized carbons (Fsp3) is 0.0769. The van der Waals surface area contributed by atoms with Crippen LogP contribution in [0.3, 0.4) is 0 Å². The number of hydrogen-bond acceptors (Lipinski definition) is 2. The number of hydrogen-bond donors (Lipinski definition) is 0. The number of carbonyl (C=O) groups is 2. The average molecular weight is 430 g/mol. The molecule has 5 heteroatoms. The van der Waals surface area contributed by atoms with Gasteiger partial charge in [0, 0.05) is 29.6 Å². The normalized spacial score (nSPS) is 14.3. The summed E-state index contributed by atoms with van der Waals surface area (Å²) in [5.74, 6) is 5.10. The van der Waals surface area contributed by atoms with E-state index in [1.165, 1.54) is 17.0 Å². The van der Waals surface area contributed by atoms with Crippen molar-refractivity contribution >= 4 is 35.1 Å². The third-order valence-electron chi connectivity index (χ3n) is 5.00. The molecule has 0 spiro atoms. The summed E-state index contributed by atoms with van der Waals surface area (Å²) in [5, 5.41) is 0.578. The highest BCUT2D eigenvalue weighted by atomic mass is 35.5. The summed E-state index contributed by atoms with van der Waals surface area (Å²) in [4.78, 5) is 27.3. The number of Topliss-reactive ketones (excluding diaryl/α,β-unsaturated/α-hetero) is 1. The lowest BCUT2D eigenvalue weighted by Crippen LogP contribution is -2.36. The van der Waals surface area contributed by atoms with Crippen LogP contribution < -0.4 is 4.90 Å². The van der Waals surface area contributed by atoms with E-state index in [-0.39, 0.29) is 23.1 Å². The Labute approximate surface area is 184 Å². The highest BCUT2D eigenvalue weighted by Crippen LogP contribution is 2.31. The van der Waals surface area contributed by atoms with Gasteiger partial charge < -0.3 is 4.90 Å². The first-order valence-electron chi connectivity index (χ1n) is 9.60. The second kappa shape index (κ2) is 8.59. The SMILES string of the molecule is CN1C(=O)/C(=C/c2ccc(Cl)cc2)C(=O)c2cc(C#CCc3ccc(F)cc3)ccc21. The van der Waals surface area contributed by atoms with Gasteiger partial charge in [0.15, 0.2) is 0 Å². The Morgan fingerprint density at radius 2 is 1.71 bits per heavy atom. The number of ketones is 1. The largest absolute Gasteiger partial charge is 0.311 e. The molecule has 1 heterocycles. The Morgan fingerprint density at radius 3 is 2.42 bits per heavy atom. The first kappa shape index (κ1) is 20.6. The van der Waals surface area contributed by atoms with E-state index in [1.54, 1.807) is 67.7 Å². The molecule has 3 aromatic carbocycles. The van der Waals surface area contributed by atoms with Crippen LogP contribution in [0.4, 0.5) is 10.1 Å². The number of benzene rings is 3. The van der Waals surface area contributed by atoms with Gasteiger partial charge in [0.2, 0.25) is 5.78 Å². The Morgan fingerprint density at radius 1 is 1.00 bits per heavy atom. The third kappa shape index (κ3) is 4.42. The van der Waals surface area contributed by atoms with Crippen molar-refractivity contribution in [2.45, 2.75) is 6.42 Å². The van der Waals surface area contributed by atoms with E-state index in [0.717, 1.165) is 5.56 Å². The lowest BCUT2D eigenvalue weighted by atomic mass is 9.92. The van der Waals surface area contributed by atoms with Gasteiger partial charge >= 0.3 is 0 Å². The van der Waals surface area contributed by atoms with Gasteiger partial charge in [-0.3, -0.25) is 9.59 Å². The molecule has 0 saturated heterocycles. The molecule has 4 rings (SSSR count). The summed E-state index contributed by atoms with van der Waals surface area (Å²) in [6, 6.07) is 18.3. The van der Waals surface area contributed by atoms with Gasteiger partial charge in [-0.25, -0.2) is 4.39 Å². The Kier molecular flexibility index (Phi) is 5.70. The molecular weight excluding hydrogens is 413 g/mol. The predicted molar refractivity (Wildman–Crippen MR) is 121 cm³/mol. The van der Waals surface area contributed by atoms with Crippen molar-refractivity contribution in [3.63, 3.8) is 0 Å². The van der Waals surface area contributed by atoms with E-state index >= 15 is 0 Å². The highest BCUT2D eigenvalue weighted by molar-refractivity contribution is 6.36. The number of halogens is 2. The van der Waals surface area contributed by atoms with Crippen molar-refractivity contribution in [2.75, 3.05) is 11.9 Å². The van der Waals surface area contributed by atoms with Gasteiger partial charge in [-0.15, -0.1) is 0 Å². The van der Waals surface area contributed by atoms with E-state index < -0.39 is 0 Å². The molecule has 0 atom stereocenters. The molecule has 1 aliphatic rings. The fourth-order valence-electron chi connectivity index (χ4n) is 3.32. The van der Waals surface area contributed by atoms with E-state index in [2.05, 4.69) is 11.8 Å². The van der Waals surface area contributed by atoms with Gasteiger partial charge in [0.1, 0.15) is 5.82 Å². The fourth-order valence-corrected chi connectivity index (χ4v) is 3.45. The summed E-state index contributed by atoms with van der Waals surface area (Å²) < 4.78 is 13.0. The zero-order valence-electron chi connectivity index (χ0n) is 16.7. The van der Waals surface area contributed by atoms with Gasteiger partial charge in [-0.05, 0) is 59.7 Å². The smallest absolute Gasteiger partial charge is 0.262 e. The van der Waals surface area contributed by atoms with Crippen LogP contribution in [0.5, 0.6) is 0 Å². The number of likely N-dealkylation sites (N-methyl/N-ethyl adjacent to an activating group) is 1. The van der Waals surface area contributed by atoms with Crippen LogP contribution in [-0.2, 0) is 11.2 Å². The van der Waals surface area contributed by atoms with Crippen molar-refractivity contribution in [3.8, 4) is 11.8 Å². The highest BCUT2D eigenvalue weighted by Gasteiger charge is 2.32. The zero-order chi connectivity index (χ0) is 22.0. The van der Waals surface area contributed by atoms with Crippen molar-refractivity contribution in [2.24, 2.45) is 0 Å². The number of fused-ring (bicyclic) bond motifs is 1. The second-order valence-electron chi connectivity index (χ2n) is 7.14. The van der Waals surface area contributed by atoms with Gasteiger partial charge in [-0.2, -0.15) is 0 Å². The van der Waals surface area contributed by atoms with Crippen molar-refractivity contribution in [1.29, 1.82) is 0 Å². The molecule has 0 radical (unpaired) electrons. The van der Waals surface area contributed by atoms with Crippen LogP contribution in [-0.4, -0.2) is 18.7 Å². The summed E-state index contributed by atoms with van der Waals surface area (Å²) in [6.07, 6.45) is 2.04. The first-order valence-corrected chi connectivity index (χ1v) is 9.97. The van der Waals surface area contributed by atoms with Crippen molar-refractivity contribution in [1.82, 2.24) is 0 Å². The molecule has 0 saturated carbocycles. The Balaban J connectivity index is 1.64. The van der Waals surface area contributed by atoms with Crippen molar-refractivity contribution in [3.05, 3.63) is 105 Å². The lowest BCUT2D eigenvalue weighted by Gasteiger charge is -2.26. The molecule has 0 aromatic heterocycles. The molecule has 152 valence electrons. The molecule has 1 amide bonds. The maximum absolute atomic E-state index is 13.1. The maximum atomic E-state index is 13.1. The minimum absolute atomic E-state index is 0.0914. The predicted octanol–water partition coefficient (Wildman–Crippen LogP) is 5.32. The van der Waals surface area contributed by atoms with E-state index in [1.807, 2.05) is 0 Å². The van der Waals surface area contributed by atoms with Crippen LogP contribution in [0, 0.1) is 17.7 Å². The summed E-state index contributed by atoms with van der Waals surface area (Å²) in [7, 11) is 1.64. The van der Waals surface area contributed by atoms with Crippen LogP contribution in [0.1, 0.15) is 27.0 Å². The Hall–Kier alpha value is -3.68. The molecule has 0 aliphatic carbocycles. The molecule has 0 unspecified atom stereocenters. The quantitative estimate of drug-likeness (QED) is 0.314. The summed E-state index contributed by atoms with van der Waals surface area (Å²) in [6.45, 7) is 0. The summed E-state index contributed by atoms with van der Waals surface area (Å²) >= 11 is 5.91. The van der Waals surface area contributed by atoms with Crippen molar-refractivity contribution < 1.29 is 14.0 Å².